The van der Waals surface area contributed by atoms with Crippen molar-refractivity contribution in [3.05, 3.63) is 55.0 Å². The lowest BCUT2D eigenvalue weighted by molar-refractivity contribution is 0.182. The van der Waals surface area contributed by atoms with Gasteiger partial charge in [0.05, 0.1) is 0 Å². The quantitative estimate of drug-likeness (QED) is 0.562. The van der Waals surface area contributed by atoms with E-state index in [1.807, 2.05) is 30.6 Å². The first kappa shape index (κ1) is 18.9. The summed E-state index contributed by atoms with van der Waals surface area (Å²) in [5.74, 6) is 1.53. The maximum absolute atomic E-state index is 4.47. The smallest absolute Gasteiger partial charge is 0.187 e. The van der Waals surface area contributed by atoms with Crippen molar-refractivity contribution in [2.45, 2.75) is 24.9 Å². The molecule has 1 N–H and O–H groups in total. The molecule has 1 unspecified atom stereocenters. The lowest BCUT2D eigenvalue weighted by Crippen LogP contribution is -2.39. The predicted octanol–water partition coefficient (Wildman–Crippen LogP) is 4.07. The van der Waals surface area contributed by atoms with Crippen molar-refractivity contribution >= 4 is 11.8 Å². The van der Waals surface area contributed by atoms with Crippen molar-refractivity contribution in [1.82, 2.24) is 20.2 Å². The first-order chi connectivity index (χ1) is 12.7. The molecule has 0 spiro atoms. The third kappa shape index (κ3) is 5.58. The van der Waals surface area contributed by atoms with Gasteiger partial charge in [-0.2, -0.15) is 0 Å². The number of aromatic nitrogens is 2. The summed E-state index contributed by atoms with van der Waals surface area (Å²) in [6, 6.07) is 10.2. The lowest BCUT2D eigenvalue weighted by atomic mass is 9.98. The Hall–Kier alpha value is -1.85. The number of nitrogens with one attached hydrogen (secondary N) is 1. The molecule has 2 heterocycles. The molecule has 0 radical (unpaired) electrons. The number of thioether (sulfide) groups is 1. The molecule has 0 bridgehead atoms. The van der Waals surface area contributed by atoms with Gasteiger partial charge in [-0.1, -0.05) is 55.6 Å². The highest BCUT2D eigenvalue weighted by Crippen LogP contribution is 2.20. The van der Waals surface area contributed by atoms with Gasteiger partial charge >= 0.3 is 0 Å². The largest absolute Gasteiger partial charge is 0.388 e. The summed E-state index contributed by atoms with van der Waals surface area (Å²) >= 11 is 1.63. The average molecular weight is 369 g/mol. The Balaban J connectivity index is 1.41. The van der Waals surface area contributed by atoms with Crippen LogP contribution in [0.5, 0.6) is 0 Å². The number of likely N-dealkylation sites (tertiary alicyclic amines) is 1. The summed E-state index contributed by atoms with van der Waals surface area (Å²) in [6.45, 7) is 11.0. The minimum Gasteiger partial charge on any atom is -0.388 e. The Labute approximate surface area is 161 Å². The molecule has 1 aromatic carbocycles. The molecule has 138 valence electrons. The Kier molecular flexibility index (Phi) is 7.09. The van der Waals surface area contributed by atoms with Crippen LogP contribution in [-0.2, 0) is 0 Å². The van der Waals surface area contributed by atoms with E-state index in [4.69, 9.17) is 0 Å². The fraction of sp³-hybridized carbons (Fsp3) is 0.429. The van der Waals surface area contributed by atoms with Gasteiger partial charge in [-0.25, -0.2) is 9.97 Å². The lowest BCUT2D eigenvalue weighted by Gasteiger charge is -2.32. The zero-order chi connectivity index (χ0) is 18.2. The molecule has 0 aliphatic carbocycles. The molecule has 1 aliphatic heterocycles. The molecule has 4 nitrogen and oxygen atoms in total. The standard InChI is InChI=1S/C21H28N4S/c1-3-25-11-7-8-18(15-25)12-22-17(2)16-26-21-23-13-20(14-24-21)19-9-5-4-6-10-19/h4-6,9-10,13-14,18,22H,2-3,7-8,11-12,15-16H2,1H3. The SMILES string of the molecule is C=C(CSc1ncc(-c2ccccc2)cn1)NCC1CCCN(CC)C1. The van der Waals surface area contributed by atoms with E-state index in [2.05, 4.69) is 45.8 Å². The van der Waals surface area contributed by atoms with Gasteiger partial charge in [-0.15, -0.1) is 0 Å². The van der Waals surface area contributed by atoms with Crippen LogP contribution in [0.1, 0.15) is 19.8 Å². The van der Waals surface area contributed by atoms with Crippen LogP contribution < -0.4 is 5.32 Å². The van der Waals surface area contributed by atoms with Crippen molar-refractivity contribution in [2.24, 2.45) is 5.92 Å². The molecule has 26 heavy (non-hydrogen) atoms. The summed E-state index contributed by atoms with van der Waals surface area (Å²) in [6.07, 6.45) is 6.40. The van der Waals surface area contributed by atoms with Gasteiger partial charge in [-0.05, 0) is 37.4 Å². The van der Waals surface area contributed by atoms with Crippen LogP contribution in [0.4, 0.5) is 0 Å². The minimum absolute atomic E-state index is 0.729. The molecule has 0 amide bonds. The highest BCUT2D eigenvalue weighted by Gasteiger charge is 2.18. The van der Waals surface area contributed by atoms with Gasteiger partial charge in [0.2, 0.25) is 0 Å². The molecular weight excluding hydrogens is 340 g/mol. The van der Waals surface area contributed by atoms with Gasteiger partial charge in [0.25, 0.3) is 0 Å². The van der Waals surface area contributed by atoms with E-state index >= 15 is 0 Å². The summed E-state index contributed by atoms with van der Waals surface area (Å²) in [4.78, 5) is 11.5. The van der Waals surface area contributed by atoms with E-state index in [1.54, 1.807) is 11.8 Å². The first-order valence-electron chi connectivity index (χ1n) is 9.39. The second-order valence-corrected chi connectivity index (χ2v) is 7.74. The van der Waals surface area contributed by atoms with Crippen LogP contribution in [0.2, 0.25) is 0 Å². The van der Waals surface area contributed by atoms with Gasteiger partial charge in [0.1, 0.15) is 0 Å². The molecule has 1 aromatic heterocycles. The molecule has 0 saturated carbocycles. The van der Waals surface area contributed by atoms with Crippen LogP contribution in [0, 0.1) is 5.92 Å². The number of piperidine rings is 1. The van der Waals surface area contributed by atoms with Gasteiger partial charge in [0.15, 0.2) is 5.16 Å². The number of rotatable bonds is 8. The maximum atomic E-state index is 4.47. The normalized spacial score (nSPS) is 17.8. The number of benzene rings is 1. The third-order valence-corrected chi connectivity index (χ3v) is 5.76. The third-order valence-electron chi connectivity index (χ3n) is 4.80. The second kappa shape index (κ2) is 9.74. The van der Waals surface area contributed by atoms with Crippen LogP contribution in [-0.4, -0.2) is 46.8 Å². The predicted molar refractivity (Wildman–Crippen MR) is 110 cm³/mol. The molecule has 5 heteroatoms. The molecule has 3 rings (SSSR count). The molecule has 1 atom stereocenters. The topological polar surface area (TPSA) is 41.1 Å². The van der Waals surface area contributed by atoms with E-state index in [0.29, 0.717) is 0 Å². The van der Waals surface area contributed by atoms with E-state index in [9.17, 15) is 0 Å². The molecule has 2 aromatic rings. The minimum atomic E-state index is 0.729. The van der Waals surface area contributed by atoms with Crippen molar-refractivity contribution in [1.29, 1.82) is 0 Å². The van der Waals surface area contributed by atoms with E-state index < -0.39 is 0 Å². The Morgan fingerprint density at radius 1 is 1.23 bits per heavy atom. The van der Waals surface area contributed by atoms with Crippen LogP contribution >= 0.6 is 11.8 Å². The zero-order valence-corrected chi connectivity index (χ0v) is 16.3. The van der Waals surface area contributed by atoms with Crippen molar-refractivity contribution < 1.29 is 0 Å². The molecule has 1 aliphatic rings. The number of hydrogen-bond acceptors (Lipinski definition) is 5. The van der Waals surface area contributed by atoms with Gasteiger partial charge in [0, 0.05) is 42.5 Å². The highest BCUT2D eigenvalue weighted by atomic mass is 32.2. The van der Waals surface area contributed by atoms with Gasteiger partial charge < -0.3 is 10.2 Å². The van der Waals surface area contributed by atoms with Crippen molar-refractivity contribution in [2.75, 3.05) is 31.9 Å². The monoisotopic (exact) mass is 368 g/mol. The Morgan fingerprint density at radius 2 is 2.00 bits per heavy atom. The van der Waals surface area contributed by atoms with Crippen molar-refractivity contribution in [3.8, 4) is 11.1 Å². The fourth-order valence-corrected chi connectivity index (χ4v) is 3.93. The average Bonchev–Trinajstić information content (AvgIpc) is 2.72. The van der Waals surface area contributed by atoms with Crippen LogP contribution in [0.15, 0.2) is 60.2 Å². The van der Waals surface area contributed by atoms with E-state index in [-0.39, 0.29) is 0 Å². The summed E-state index contributed by atoms with van der Waals surface area (Å²) in [5.41, 5.74) is 3.24. The van der Waals surface area contributed by atoms with Crippen LogP contribution in [0.25, 0.3) is 11.1 Å². The summed E-state index contributed by atoms with van der Waals surface area (Å²) < 4.78 is 0. The number of hydrogen-bond donors (Lipinski definition) is 1. The molecule has 1 saturated heterocycles. The van der Waals surface area contributed by atoms with E-state index in [1.165, 1.54) is 25.9 Å². The van der Waals surface area contributed by atoms with E-state index in [0.717, 1.165) is 46.7 Å². The highest BCUT2D eigenvalue weighted by molar-refractivity contribution is 7.99. The first-order valence-corrected chi connectivity index (χ1v) is 10.4. The number of nitrogens with zero attached hydrogens (tertiary/aromatic N) is 3. The Bertz CT molecular complexity index is 687. The summed E-state index contributed by atoms with van der Waals surface area (Å²) in [7, 11) is 0. The molecular formula is C21H28N4S. The second-order valence-electron chi connectivity index (χ2n) is 6.79. The molecule has 1 fully saturated rings. The Morgan fingerprint density at radius 3 is 2.73 bits per heavy atom. The van der Waals surface area contributed by atoms with Crippen molar-refractivity contribution in [3.63, 3.8) is 0 Å². The zero-order valence-electron chi connectivity index (χ0n) is 15.5. The maximum Gasteiger partial charge on any atom is 0.187 e. The van der Waals surface area contributed by atoms with Crippen LogP contribution in [0.3, 0.4) is 0 Å². The van der Waals surface area contributed by atoms with Gasteiger partial charge in [-0.3, -0.25) is 0 Å². The fourth-order valence-electron chi connectivity index (χ4n) is 3.27. The summed E-state index contributed by atoms with van der Waals surface area (Å²) in [5, 5.41) is 4.30.